The number of nitrogens with zero attached hydrogens (tertiary/aromatic N) is 6. The minimum Gasteiger partial charge on any atom is -0.367 e. The highest BCUT2D eigenvalue weighted by Crippen LogP contribution is 2.29. The van der Waals surface area contributed by atoms with E-state index in [2.05, 4.69) is 24.8 Å². The summed E-state index contributed by atoms with van der Waals surface area (Å²) in [6.07, 6.45) is 2.03. The predicted octanol–water partition coefficient (Wildman–Crippen LogP) is 3.28. The van der Waals surface area contributed by atoms with Crippen LogP contribution in [0, 0.1) is 0 Å². The van der Waals surface area contributed by atoms with Gasteiger partial charge in [-0.1, -0.05) is 0 Å². The minimum atomic E-state index is -4.42. The number of aromatic nitrogens is 4. The average molecular weight is 386 g/mol. The number of pyridine rings is 2. The van der Waals surface area contributed by atoms with Crippen molar-refractivity contribution in [2.24, 2.45) is 0 Å². The highest BCUT2D eigenvalue weighted by Gasteiger charge is 2.32. The number of alkyl halides is 3. The lowest BCUT2D eigenvalue weighted by molar-refractivity contribution is -0.141. The first kappa shape index (κ1) is 18.1. The fourth-order valence-electron chi connectivity index (χ4n) is 3.08. The van der Waals surface area contributed by atoms with Gasteiger partial charge in [0.25, 0.3) is 0 Å². The molecule has 1 aliphatic rings. The number of rotatable bonds is 3. The highest BCUT2D eigenvalue weighted by atomic mass is 19.4. The van der Waals surface area contributed by atoms with Crippen molar-refractivity contribution < 1.29 is 13.2 Å². The Morgan fingerprint density at radius 2 is 1.61 bits per heavy atom. The predicted molar refractivity (Wildman–Crippen MR) is 98.9 cm³/mol. The number of anilines is 2. The highest BCUT2D eigenvalue weighted by molar-refractivity contribution is 5.59. The Bertz CT molecular complexity index is 922. The summed E-state index contributed by atoms with van der Waals surface area (Å²) in [5.41, 5.74) is 1.52. The van der Waals surface area contributed by atoms with E-state index in [-0.39, 0.29) is 0 Å². The lowest BCUT2D eigenvalue weighted by atomic mass is 10.2. The molecule has 0 spiro atoms. The van der Waals surface area contributed by atoms with E-state index in [0.29, 0.717) is 37.8 Å². The second-order valence-corrected chi connectivity index (χ2v) is 6.36. The van der Waals surface area contributed by atoms with Crippen molar-refractivity contribution in [1.29, 1.82) is 0 Å². The molecule has 0 radical (unpaired) electrons. The summed E-state index contributed by atoms with van der Waals surface area (Å²) in [5.74, 6) is 0.631. The van der Waals surface area contributed by atoms with E-state index in [1.54, 1.807) is 18.6 Å². The van der Waals surface area contributed by atoms with Crippen molar-refractivity contribution in [2.75, 3.05) is 36.0 Å². The largest absolute Gasteiger partial charge is 0.433 e. The molecule has 1 saturated heterocycles. The monoisotopic (exact) mass is 386 g/mol. The van der Waals surface area contributed by atoms with Crippen LogP contribution >= 0.6 is 0 Å². The maximum Gasteiger partial charge on any atom is 0.433 e. The molecule has 144 valence electrons. The molecule has 1 aliphatic heterocycles. The molecule has 0 bridgehead atoms. The molecule has 0 atom stereocenters. The van der Waals surface area contributed by atoms with E-state index < -0.39 is 11.9 Å². The molecule has 4 heterocycles. The molecule has 6 nitrogen and oxygen atoms in total. The zero-order chi connectivity index (χ0) is 19.6. The topological polar surface area (TPSA) is 58.0 Å². The van der Waals surface area contributed by atoms with Crippen LogP contribution in [0.4, 0.5) is 24.8 Å². The second-order valence-electron chi connectivity index (χ2n) is 6.36. The molecule has 3 aromatic heterocycles. The molecule has 4 rings (SSSR count). The van der Waals surface area contributed by atoms with E-state index in [4.69, 9.17) is 0 Å². The fraction of sp³-hybridized carbons (Fsp3) is 0.263. The molecule has 9 heteroatoms. The molecular weight excluding hydrogens is 369 g/mol. The van der Waals surface area contributed by atoms with E-state index in [1.165, 1.54) is 12.3 Å². The van der Waals surface area contributed by atoms with Crippen molar-refractivity contribution >= 4 is 11.6 Å². The van der Waals surface area contributed by atoms with Gasteiger partial charge in [-0.2, -0.15) is 13.2 Å². The molecule has 0 aliphatic carbocycles. The molecular formula is C19H17F3N6. The molecule has 0 saturated carbocycles. The van der Waals surface area contributed by atoms with Crippen LogP contribution in [0.2, 0.25) is 0 Å². The Balaban J connectivity index is 1.43. The van der Waals surface area contributed by atoms with Gasteiger partial charge in [0.05, 0.1) is 17.6 Å². The Morgan fingerprint density at radius 3 is 2.25 bits per heavy atom. The summed E-state index contributed by atoms with van der Waals surface area (Å²) >= 11 is 0. The first-order valence-corrected chi connectivity index (χ1v) is 8.77. The van der Waals surface area contributed by atoms with Crippen molar-refractivity contribution in [2.45, 2.75) is 6.18 Å². The van der Waals surface area contributed by atoms with Crippen LogP contribution in [-0.4, -0.2) is 46.1 Å². The summed E-state index contributed by atoms with van der Waals surface area (Å²) in [6, 6.07) is 8.11. The van der Waals surface area contributed by atoms with Gasteiger partial charge in [-0.3, -0.25) is 4.98 Å². The number of halogens is 3. The van der Waals surface area contributed by atoms with Gasteiger partial charge in [0, 0.05) is 50.3 Å². The summed E-state index contributed by atoms with van der Waals surface area (Å²) in [4.78, 5) is 20.7. The van der Waals surface area contributed by atoms with Gasteiger partial charge in [-0.15, -0.1) is 0 Å². The Labute approximate surface area is 159 Å². The maximum absolute atomic E-state index is 12.7. The molecule has 0 aromatic carbocycles. The van der Waals surface area contributed by atoms with E-state index >= 15 is 0 Å². The summed E-state index contributed by atoms with van der Waals surface area (Å²) in [6.45, 7) is 2.62. The van der Waals surface area contributed by atoms with Crippen molar-refractivity contribution in [1.82, 2.24) is 19.9 Å². The second kappa shape index (κ2) is 7.41. The van der Waals surface area contributed by atoms with E-state index in [9.17, 15) is 13.2 Å². The van der Waals surface area contributed by atoms with Gasteiger partial charge in [-0.05, 0) is 30.3 Å². The third kappa shape index (κ3) is 3.88. The van der Waals surface area contributed by atoms with Crippen LogP contribution in [-0.2, 0) is 6.18 Å². The van der Waals surface area contributed by atoms with E-state index in [0.717, 1.165) is 17.3 Å². The number of hydrogen-bond acceptors (Lipinski definition) is 6. The van der Waals surface area contributed by atoms with Crippen molar-refractivity contribution in [3.63, 3.8) is 0 Å². The third-order valence-corrected chi connectivity index (χ3v) is 4.57. The fourth-order valence-corrected chi connectivity index (χ4v) is 3.08. The van der Waals surface area contributed by atoms with Crippen molar-refractivity contribution in [3.8, 4) is 11.3 Å². The smallest absolute Gasteiger partial charge is 0.367 e. The molecule has 28 heavy (non-hydrogen) atoms. The zero-order valence-electron chi connectivity index (χ0n) is 14.8. The van der Waals surface area contributed by atoms with Gasteiger partial charge in [0.15, 0.2) is 0 Å². The first-order valence-electron chi connectivity index (χ1n) is 8.77. The van der Waals surface area contributed by atoms with Crippen LogP contribution in [0.3, 0.4) is 0 Å². The van der Waals surface area contributed by atoms with Crippen LogP contribution < -0.4 is 9.80 Å². The van der Waals surface area contributed by atoms with Crippen LogP contribution in [0.25, 0.3) is 11.3 Å². The molecule has 1 fully saturated rings. The van der Waals surface area contributed by atoms with Gasteiger partial charge in [0.2, 0.25) is 5.95 Å². The zero-order valence-corrected chi connectivity index (χ0v) is 14.8. The summed E-state index contributed by atoms with van der Waals surface area (Å²) in [5, 5.41) is 0. The molecule has 0 unspecified atom stereocenters. The summed E-state index contributed by atoms with van der Waals surface area (Å²) in [7, 11) is 0. The van der Waals surface area contributed by atoms with E-state index in [1.807, 2.05) is 23.1 Å². The Hall–Kier alpha value is -3.23. The lowest BCUT2D eigenvalue weighted by Crippen LogP contribution is -2.47. The lowest BCUT2D eigenvalue weighted by Gasteiger charge is -2.36. The number of hydrogen-bond donors (Lipinski definition) is 0. The normalized spacial score (nSPS) is 15.0. The SMILES string of the molecule is FC(F)(F)c1ccc(N2CCN(c3nccc(-c4cccnc4)n3)CC2)cn1. The van der Waals surface area contributed by atoms with Crippen molar-refractivity contribution in [3.05, 3.63) is 60.8 Å². The minimum absolute atomic E-state index is 0.631. The average Bonchev–Trinajstić information content (AvgIpc) is 2.74. The standard InChI is InChI=1S/C19H17F3N6/c20-19(21,22)17-4-3-15(13-25-17)27-8-10-28(11-9-27)18-24-7-5-16(26-18)14-2-1-6-23-12-14/h1-7,12-13H,8-11H2. The van der Waals surface area contributed by atoms with Crippen LogP contribution in [0.1, 0.15) is 5.69 Å². The van der Waals surface area contributed by atoms with Gasteiger partial charge in [0.1, 0.15) is 5.69 Å². The summed E-state index contributed by atoms with van der Waals surface area (Å²) < 4.78 is 38.0. The Kier molecular flexibility index (Phi) is 4.81. The number of piperazine rings is 1. The quantitative estimate of drug-likeness (QED) is 0.689. The maximum atomic E-state index is 12.7. The Morgan fingerprint density at radius 1 is 0.821 bits per heavy atom. The van der Waals surface area contributed by atoms with Crippen LogP contribution in [0.5, 0.6) is 0 Å². The molecule has 0 N–H and O–H groups in total. The van der Waals surface area contributed by atoms with Crippen LogP contribution in [0.15, 0.2) is 55.1 Å². The van der Waals surface area contributed by atoms with Gasteiger partial charge < -0.3 is 9.80 Å². The molecule has 0 amide bonds. The molecule has 3 aromatic rings. The third-order valence-electron chi connectivity index (χ3n) is 4.57. The van der Waals surface area contributed by atoms with Gasteiger partial charge in [-0.25, -0.2) is 15.0 Å². The van der Waals surface area contributed by atoms with Gasteiger partial charge >= 0.3 is 6.18 Å². The first-order chi connectivity index (χ1) is 13.5.